The molecule has 1 heterocycles. The third-order valence-electron chi connectivity index (χ3n) is 3.24. The Bertz CT molecular complexity index is 721. The minimum Gasteiger partial charge on any atom is -0.491 e. The first-order valence-corrected chi connectivity index (χ1v) is 7.05. The Hall–Kier alpha value is -2.58. The number of nitrogens with zero attached hydrogens (tertiary/aromatic N) is 2. The van der Waals surface area contributed by atoms with Crippen molar-refractivity contribution in [2.45, 2.75) is 20.8 Å². The van der Waals surface area contributed by atoms with Crippen molar-refractivity contribution in [2.24, 2.45) is 0 Å². The highest BCUT2D eigenvalue weighted by Crippen LogP contribution is 2.27. The Morgan fingerprint density at radius 3 is 2.68 bits per heavy atom. The monoisotopic (exact) mass is 297 g/mol. The van der Waals surface area contributed by atoms with Crippen molar-refractivity contribution in [3.05, 3.63) is 46.8 Å². The number of aliphatic hydroxyl groups excluding tert-OH is 1. The van der Waals surface area contributed by atoms with Gasteiger partial charge in [0.15, 0.2) is 0 Å². The van der Waals surface area contributed by atoms with Crippen LogP contribution in [0.25, 0.3) is 0 Å². The van der Waals surface area contributed by atoms with Gasteiger partial charge in [0.25, 0.3) is 0 Å². The Morgan fingerprint density at radius 2 is 2.05 bits per heavy atom. The van der Waals surface area contributed by atoms with Crippen molar-refractivity contribution in [2.75, 3.05) is 18.5 Å². The van der Waals surface area contributed by atoms with E-state index in [0.717, 1.165) is 28.4 Å². The van der Waals surface area contributed by atoms with E-state index in [9.17, 15) is 5.26 Å². The van der Waals surface area contributed by atoms with E-state index in [0.29, 0.717) is 11.3 Å². The zero-order chi connectivity index (χ0) is 16.1. The average molecular weight is 297 g/mol. The predicted molar refractivity (Wildman–Crippen MR) is 85.5 cm³/mol. The lowest BCUT2D eigenvalue weighted by Gasteiger charge is -2.13. The lowest BCUT2D eigenvalue weighted by molar-refractivity contribution is 0.200. The van der Waals surface area contributed by atoms with Crippen LogP contribution in [0.1, 0.15) is 22.5 Å². The fourth-order valence-electron chi connectivity index (χ4n) is 2.27. The number of pyridine rings is 1. The number of aryl methyl sites for hydroxylation is 3. The fraction of sp³-hybridized carbons (Fsp3) is 0.294. The molecule has 0 unspecified atom stereocenters. The molecule has 0 fully saturated rings. The van der Waals surface area contributed by atoms with Crippen LogP contribution in [0, 0.1) is 32.1 Å². The first kappa shape index (κ1) is 15.8. The van der Waals surface area contributed by atoms with E-state index in [2.05, 4.69) is 16.4 Å². The molecule has 5 heteroatoms. The average Bonchev–Trinajstić information content (AvgIpc) is 2.46. The van der Waals surface area contributed by atoms with Gasteiger partial charge >= 0.3 is 0 Å². The van der Waals surface area contributed by atoms with Crippen LogP contribution in [0.2, 0.25) is 0 Å². The van der Waals surface area contributed by atoms with Gasteiger partial charge in [-0.2, -0.15) is 5.26 Å². The zero-order valence-corrected chi connectivity index (χ0v) is 13.0. The Labute approximate surface area is 130 Å². The summed E-state index contributed by atoms with van der Waals surface area (Å²) in [6, 6.07) is 9.72. The van der Waals surface area contributed by atoms with E-state index in [1.807, 2.05) is 45.0 Å². The molecular formula is C17H19N3O2. The maximum Gasteiger partial charge on any atom is 0.122 e. The van der Waals surface area contributed by atoms with Crippen molar-refractivity contribution in [1.82, 2.24) is 4.98 Å². The van der Waals surface area contributed by atoms with Gasteiger partial charge in [-0.15, -0.1) is 0 Å². The van der Waals surface area contributed by atoms with Crippen molar-refractivity contribution in [1.29, 1.82) is 5.26 Å². The summed E-state index contributed by atoms with van der Waals surface area (Å²) in [5.74, 6) is 0.738. The summed E-state index contributed by atoms with van der Waals surface area (Å²) in [6.45, 7) is 5.92. The van der Waals surface area contributed by atoms with Crippen molar-refractivity contribution in [3.63, 3.8) is 0 Å². The molecule has 0 radical (unpaired) electrons. The second kappa shape index (κ2) is 6.92. The molecule has 2 rings (SSSR count). The number of aliphatic hydroxyl groups is 1. The zero-order valence-electron chi connectivity index (χ0n) is 13.0. The second-order valence-corrected chi connectivity index (χ2v) is 5.06. The van der Waals surface area contributed by atoms with E-state index in [1.54, 1.807) is 0 Å². The van der Waals surface area contributed by atoms with Crippen LogP contribution < -0.4 is 10.1 Å². The molecule has 22 heavy (non-hydrogen) atoms. The molecule has 2 aromatic rings. The van der Waals surface area contributed by atoms with Gasteiger partial charge in [0.2, 0.25) is 0 Å². The van der Waals surface area contributed by atoms with Gasteiger partial charge in [-0.05, 0) is 50.6 Å². The molecule has 0 saturated heterocycles. The molecule has 5 nitrogen and oxygen atoms in total. The van der Waals surface area contributed by atoms with Gasteiger partial charge in [0.05, 0.1) is 23.6 Å². The number of rotatable bonds is 5. The SMILES string of the molecule is Cc1cc(Nc2ccc(OCCO)c(C)c2)c(C#N)c(C)n1. The first-order chi connectivity index (χ1) is 10.5. The molecule has 1 aromatic carbocycles. The smallest absolute Gasteiger partial charge is 0.122 e. The van der Waals surface area contributed by atoms with E-state index in [-0.39, 0.29) is 13.2 Å². The standard InChI is InChI=1S/C17H19N3O2/c1-11-8-14(4-5-17(11)22-7-6-21)20-16-9-12(2)19-13(3)15(16)10-18/h4-5,8-9,21H,6-7H2,1-3H3,(H,19,20). The van der Waals surface area contributed by atoms with Gasteiger partial charge in [0.1, 0.15) is 18.4 Å². The molecule has 0 spiro atoms. The van der Waals surface area contributed by atoms with Crippen molar-refractivity contribution < 1.29 is 9.84 Å². The molecule has 114 valence electrons. The fourth-order valence-corrected chi connectivity index (χ4v) is 2.27. The van der Waals surface area contributed by atoms with Gasteiger partial charge in [-0.3, -0.25) is 4.98 Å². The highest BCUT2D eigenvalue weighted by atomic mass is 16.5. The van der Waals surface area contributed by atoms with E-state index >= 15 is 0 Å². The highest BCUT2D eigenvalue weighted by molar-refractivity contribution is 5.68. The number of aromatic nitrogens is 1. The summed E-state index contributed by atoms with van der Waals surface area (Å²) < 4.78 is 5.43. The lowest BCUT2D eigenvalue weighted by atomic mass is 10.1. The van der Waals surface area contributed by atoms with Gasteiger partial charge in [0, 0.05) is 11.4 Å². The number of nitrogens with one attached hydrogen (secondary N) is 1. The highest BCUT2D eigenvalue weighted by Gasteiger charge is 2.09. The molecule has 0 bridgehead atoms. The number of ether oxygens (including phenoxy) is 1. The quantitative estimate of drug-likeness (QED) is 0.887. The molecule has 2 N–H and O–H groups in total. The molecule has 0 saturated carbocycles. The molecular weight excluding hydrogens is 278 g/mol. The maximum atomic E-state index is 9.29. The number of anilines is 2. The van der Waals surface area contributed by atoms with Gasteiger partial charge < -0.3 is 15.2 Å². The summed E-state index contributed by atoms with van der Waals surface area (Å²) in [7, 11) is 0. The second-order valence-electron chi connectivity index (χ2n) is 5.06. The summed E-state index contributed by atoms with van der Waals surface area (Å²) in [5, 5.41) is 21.4. The summed E-state index contributed by atoms with van der Waals surface area (Å²) in [4.78, 5) is 4.31. The Morgan fingerprint density at radius 1 is 1.27 bits per heavy atom. The van der Waals surface area contributed by atoms with Crippen LogP contribution in [0.15, 0.2) is 24.3 Å². The molecule has 1 aromatic heterocycles. The molecule has 0 amide bonds. The minimum atomic E-state index is -0.0134. The Kier molecular flexibility index (Phi) is 4.97. The first-order valence-electron chi connectivity index (χ1n) is 7.05. The van der Waals surface area contributed by atoms with Crippen LogP contribution in [0.5, 0.6) is 5.75 Å². The predicted octanol–water partition coefficient (Wildman–Crippen LogP) is 2.99. The van der Waals surface area contributed by atoms with Gasteiger partial charge in [-0.1, -0.05) is 0 Å². The van der Waals surface area contributed by atoms with Crippen LogP contribution in [-0.2, 0) is 0 Å². The molecule has 0 atom stereocenters. The summed E-state index contributed by atoms with van der Waals surface area (Å²) >= 11 is 0. The van der Waals surface area contributed by atoms with Crippen LogP contribution >= 0.6 is 0 Å². The minimum absolute atomic E-state index is 0.0134. The lowest BCUT2D eigenvalue weighted by Crippen LogP contribution is -2.03. The number of hydrogen-bond donors (Lipinski definition) is 2. The summed E-state index contributed by atoms with van der Waals surface area (Å²) in [6.07, 6.45) is 0. The van der Waals surface area contributed by atoms with Crippen LogP contribution in [-0.4, -0.2) is 23.3 Å². The molecule has 0 aliphatic rings. The number of nitriles is 1. The molecule has 0 aliphatic heterocycles. The number of hydrogen-bond acceptors (Lipinski definition) is 5. The largest absolute Gasteiger partial charge is 0.491 e. The van der Waals surface area contributed by atoms with Crippen molar-refractivity contribution >= 4 is 11.4 Å². The maximum absolute atomic E-state index is 9.29. The third-order valence-corrected chi connectivity index (χ3v) is 3.24. The molecule has 0 aliphatic carbocycles. The third kappa shape index (κ3) is 3.54. The Balaban J connectivity index is 2.28. The van der Waals surface area contributed by atoms with E-state index < -0.39 is 0 Å². The summed E-state index contributed by atoms with van der Waals surface area (Å²) in [5.41, 5.74) is 4.69. The normalized spacial score (nSPS) is 10.1. The van der Waals surface area contributed by atoms with Crippen LogP contribution in [0.3, 0.4) is 0 Å². The van der Waals surface area contributed by atoms with Gasteiger partial charge in [-0.25, -0.2) is 0 Å². The topological polar surface area (TPSA) is 78.2 Å². The van der Waals surface area contributed by atoms with E-state index in [1.165, 1.54) is 0 Å². The van der Waals surface area contributed by atoms with E-state index in [4.69, 9.17) is 9.84 Å². The van der Waals surface area contributed by atoms with Crippen LogP contribution in [0.4, 0.5) is 11.4 Å². The van der Waals surface area contributed by atoms with Crippen molar-refractivity contribution in [3.8, 4) is 11.8 Å². The number of benzene rings is 1.